The quantitative estimate of drug-likeness (QED) is 0.522. The summed E-state index contributed by atoms with van der Waals surface area (Å²) >= 11 is 0. The van der Waals surface area contributed by atoms with Crippen molar-refractivity contribution in [1.82, 2.24) is 9.55 Å². The monoisotopic (exact) mass is 479 g/mol. The van der Waals surface area contributed by atoms with E-state index in [1.54, 1.807) is 12.3 Å². The molecule has 1 aromatic heterocycles. The van der Waals surface area contributed by atoms with E-state index < -0.39 is 0 Å². The molecule has 3 aromatic rings. The summed E-state index contributed by atoms with van der Waals surface area (Å²) in [7, 11) is 1.96. The second kappa shape index (κ2) is 6.91. The van der Waals surface area contributed by atoms with E-state index in [0.29, 0.717) is 5.56 Å². The maximum absolute atomic E-state index is 9.23. The van der Waals surface area contributed by atoms with Crippen LogP contribution in [0.15, 0.2) is 42.7 Å². The molecule has 0 bridgehead atoms. The minimum atomic E-state index is 0. The van der Waals surface area contributed by atoms with Crippen molar-refractivity contribution in [2.45, 2.75) is 13.8 Å². The van der Waals surface area contributed by atoms with Crippen molar-refractivity contribution >= 4 is 0 Å². The van der Waals surface area contributed by atoms with Gasteiger partial charge in [-0.2, -0.15) is 0 Å². The van der Waals surface area contributed by atoms with Crippen molar-refractivity contribution in [3.63, 3.8) is 0 Å². The summed E-state index contributed by atoms with van der Waals surface area (Å²) in [6.07, 6.45) is 3.69. The number of nitrogens with zero attached hydrogens (tertiary/aromatic N) is 3. The number of nitriles is 1. The van der Waals surface area contributed by atoms with Gasteiger partial charge in [0.25, 0.3) is 0 Å². The number of hydrogen-bond acceptors (Lipinski definition) is 2. The molecular formula is C19H16IrN3-. The molecule has 0 fully saturated rings. The Morgan fingerprint density at radius 3 is 2.48 bits per heavy atom. The number of aromatic nitrogens is 2. The molecule has 0 N–H and O–H groups in total. The Balaban J connectivity index is 0.00000192. The van der Waals surface area contributed by atoms with Crippen LogP contribution in [0.2, 0.25) is 0 Å². The number of aryl methyl sites for hydroxylation is 3. The summed E-state index contributed by atoms with van der Waals surface area (Å²) in [5, 5.41) is 9.23. The number of hydrogen-bond donors (Lipinski definition) is 0. The second-order valence-corrected chi connectivity index (χ2v) is 5.42. The number of imidazole rings is 1. The minimum absolute atomic E-state index is 0. The van der Waals surface area contributed by atoms with Gasteiger partial charge in [0.05, 0.1) is 5.82 Å². The average Bonchev–Trinajstić information content (AvgIpc) is 2.93. The molecule has 0 aliphatic rings. The maximum atomic E-state index is 9.23. The Kier molecular flexibility index (Phi) is 5.15. The van der Waals surface area contributed by atoms with Crippen molar-refractivity contribution in [3.05, 3.63) is 65.5 Å². The van der Waals surface area contributed by atoms with Crippen molar-refractivity contribution in [3.8, 4) is 28.6 Å². The van der Waals surface area contributed by atoms with Gasteiger partial charge < -0.3 is 4.57 Å². The third-order valence-electron chi connectivity index (χ3n) is 3.87. The first kappa shape index (κ1) is 17.1. The fourth-order valence-corrected chi connectivity index (χ4v) is 2.79. The molecule has 0 atom stereocenters. The molecular weight excluding hydrogens is 462 g/mol. The van der Waals surface area contributed by atoms with E-state index in [2.05, 4.69) is 43.1 Å². The normalized spacial score (nSPS) is 10.0. The van der Waals surface area contributed by atoms with Gasteiger partial charge in [0.2, 0.25) is 0 Å². The van der Waals surface area contributed by atoms with Crippen LogP contribution in [0.5, 0.6) is 0 Å². The van der Waals surface area contributed by atoms with Gasteiger partial charge in [-0.05, 0) is 19.4 Å². The van der Waals surface area contributed by atoms with Gasteiger partial charge in [0.1, 0.15) is 0 Å². The standard InChI is InChI=1S/C19H16N3.Ir/c1-13-5-4-6-14(2)18(13)17-11-15(12-20)7-8-16(17)19-21-9-10-22(19)3;/h4-7,9-11H,1-3H3;/q-1;. The van der Waals surface area contributed by atoms with Crippen LogP contribution in [0.3, 0.4) is 0 Å². The molecule has 23 heavy (non-hydrogen) atoms. The first-order valence-corrected chi connectivity index (χ1v) is 7.12. The van der Waals surface area contributed by atoms with E-state index >= 15 is 0 Å². The van der Waals surface area contributed by atoms with Crippen molar-refractivity contribution in [1.29, 1.82) is 5.26 Å². The van der Waals surface area contributed by atoms with Gasteiger partial charge >= 0.3 is 0 Å². The Hall–Kier alpha value is -2.21. The summed E-state index contributed by atoms with van der Waals surface area (Å²) in [5.41, 5.74) is 6.04. The van der Waals surface area contributed by atoms with Crippen molar-refractivity contribution in [2.75, 3.05) is 0 Å². The molecule has 1 radical (unpaired) electrons. The van der Waals surface area contributed by atoms with Gasteiger partial charge in [0, 0.05) is 45.6 Å². The van der Waals surface area contributed by atoms with Crippen LogP contribution in [0.4, 0.5) is 0 Å². The molecule has 1 heterocycles. The molecule has 0 saturated carbocycles. The van der Waals surface area contributed by atoms with Gasteiger partial charge in [-0.1, -0.05) is 40.5 Å². The number of rotatable bonds is 2. The van der Waals surface area contributed by atoms with Crippen LogP contribution in [0, 0.1) is 31.2 Å². The molecule has 0 spiro atoms. The Morgan fingerprint density at radius 2 is 1.91 bits per heavy atom. The van der Waals surface area contributed by atoms with Crippen LogP contribution < -0.4 is 0 Å². The van der Waals surface area contributed by atoms with E-state index in [-0.39, 0.29) is 20.1 Å². The fraction of sp³-hybridized carbons (Fsp3) is 0.158. The molecule has 0 aliphatic carbocycles. The predicted molar refractivity (Wildman–Crippen MR) is 87.1 cm³/mol. The fourth-order valence-electron chi connectivity index (χ4n) is 2.79. The molecule has 0 saturated heterocycles. The van der Waals surface area contributed by atoms with Crippen molar-refractivity contribution < 1.29 is 20.1 Å². The van der Waals surface area contributed by atoms with Gasteiger partial charge in [-0.3, -0.25) is 4.98 Å². The van der Waals surface area contributed by atoms with Crippen LogP contribution in [-0.2, 0) is 27.2 Å². The maximum Gasteiger partial charge on any atom is 0.0561 e. The zero-order chi connectivity index (χ0) is 15.7. The first-order valence-electron chi connectivity index (χ1n) is 7.12. The smallest absolute Gasteiger partial charge is 0.0561 e. The zero-order valence-electron chi connectivity index (χ0n) is 13.2. The van der Waals surface area contributed by atoms with Crippen LogP contribution in [0.25, 0.3) is 22.5 Å². The van der Waals surface area contributed by atoms with E-state index in [4.69, 9.17) is 0 Å². The second-order valence-electron chi connectivity index (χ2n) is 5.42. The third kappa shape index (κ3) is 3.12. The average molecular weight is 479 g/mol. The van der Waals surface area contributed by atoms with Crippen LogP contribution in [-0.4, -0.2) is 9.55 Å². The Morgan fingerprint density at radius 1 is 1.22 bits per heavy atom. The molecule has 0 amide bonds. The van der Waals surface area contributed by atoms with Crippen LogP contribution >= 0.6 is 0 Å². The van der Waals surface area contributed by atoms with E-state index in [1.807, 2.05) is 29.9 Å². The molecule has 4 heteroatoms. The van der Waals surface area contributed by atoms with Gasteiger partial charge in [-0.25, -0.2) is 5.26 Å². The molecule has 0 aliphatic heterocycles. The summed E-state index contributed by atoms with van der Waals surface area (Å²) in [6.45, 7) is 4.17. The number of benzene rings is 2. The molecule has 3 nitrogen and oxygen atoms in total. The first-order chi connectivity index (χ1) is 10.6. The van der Waals surface area contributed by atoms with Crippen molar-refractivity contribution in [2.24, 2.45) is 7.05 Å². The Labute approximate surface area is 150 Å². The molecule has 2 aromatic carbocycles. The largest absolute Gasteiger partial charge is 0.373 e. The van der Waals surface area contributed by atoms with E-state index in [1.165, 1.54) is 11.1 Å². The SMILES string of the molecule is Cc1cccc(C)c1-c1cc(C#N)c[c-]c1-c1nccn1C.[Ir]. The summed E-state index contributed by atoms with van der Waals surface area (Å²) < 4.78 is 1.97. The van der Waals surface area contributed by atoms with E-state index in [0.717, 1.165) is 22.5 Å². The molecule has 3 rings (SSSR count). The van der Waals surface area contributed by atoms with Gasteiger partial charge in [-0.15, -0.1) is 23.8 Å². The molecule has 117 valence electrons. The van der Waals surface area contributed by atoms with E-state index in [9.17, 15) is 5.26 Å². The van der Waals surface area contributed by atoms with Crippen LogP contribution in [0.1, 0.15) is 16.7 Å². The summed E-state index contributed by atoms with van der Waals surface area (Å²) in [4.78, 5) is 4.44. The zero-order valence-corrected chi connectivity index (χ0v) is 15.6. The summed E-state index contributed by atoms with van der Waals surface area (Å²) in [6, 6.07) is 15.3. The summed E-state index contributed by atoms with van der Waals surface area (Å²) in [5.74, 6) is 0.849. The molecule has 0 unspecified atom stereocenters. The topological polar surface area (TPSA) is 41.6 Å². The minimum Gasteiger partial charge on any atom is -0.373 e. The third-order valence-corrected chi connectivity index (χ3v) is 3.87. The Bertz CT molecular complexity index is 868. The predicted octanol–water partition coefficient (Wildman–Crippen LogP) is 4.04. The van der Waals surface area contributed by atoms with Gasteiger partial charge in [0.15, 0.2) is 0 Å².